The molecular weight excluding hydrogens is 190 g/mol. The maximum Gasteiger partial charge on any atom is 0.0669 e. The first kappa shape index (κ1) is 9.23. The topological polar surface area (TPSA) is 23.8 Å². The number of hydrogen-bond acceptors (Lipinski definition) is 2. The SMILES string of the molecule is Cc1cc2c(C)c(CC#N)ccc2s1. The van der Waals surface area contributed by atoms with Gasteiger partial charge in [-0.25, -0.2) is 0 Å². The van der Waals surface area contributed by atoms with Crippen molar-refractivity contribution in [3.63, 3.8) is 0 Å². The quantitative estimate of drug-likeness (QED) is 0.691. The van der Waals surface area contributed by atoms with Crippen LogP contribution in [0, 0.1) is 25.2 Å². The Labute approximate surface area is 87.6 Å². The van der Waals surface area contributed by atoms with Crippen molar-refractivity contribution in [3.05, 3.63) is 34.2 Å². The molecule has 1 heterocycles. The first-order valence-corrected chi connectivity index (χ1v) is 5.39. The summed E-state index contributed by atoms with van der Waals surface area (Å²) in [5.74, 6) is 0. The number of nitrogens with zero attached hydrogens (tertiary/aromatic N) is 1. The Hall–Kier alpha value is -1.33. The number of benzene rings is 1. The molecule has 14 heavy (non-hydrogen) atoms. The molecule has 0 bridgehead atoms. The summed E-state index contributed by atoms with van der Waals surface area (Å²) in [5, 5.41) is 9.98. The minimum absolute atomic E-state index is 0.511. The Morgan fingerprint density at radius 3 is 2.86 bits per heavy atom. The van der Waals surface area contributed by atoms with Gasteiger partial charge in [-0.15, -0.1) is 11.3 Å². The summed E-state index contributed by atoms with van der Waals surface area (Å²) in [6, 6.07) is 8.59. The Morgan fingerprint density at radius 1 is 1.36 bits per heavy atom. The van der Waals surface area contributed by atoms with Crippen LogP contribution >= 0.6 is 11.3 Å². The molecule has 0 atom stereocenters. The van der Waals surface area contributed by atoms with E-state index in [9.17, 15) is 0 Å². The van der Waals surface area contributed by atoms with Crippen LogP contribution in [0.15, 0.2) is 18.2 Å². The lowest BCUT2D eigenvalue weighted by Crippen LogP contribution is -1.86. The summed E-state index contributed by atoms with van der Waals surface area (Å²) in [5.41, 5.74) is 2.41. The summed E-state index contributed by atoms with van der Waals surface area (Å²) >= 11 is 1.81. The van der Waals surface area contributed by atoms with Crippen molar-refractivity contribution >= 4 is 21.4 Å². The Morgan fingerprint density at radius 2 is 2.14 bits per heavy atom. The van der Waals surface area contributed by atoms with Crippen LogP contribution < -0.4 is 0 Å². The van der Waals surface area contributed by atoms with Crippen molar-refractivity contribution in [1.82, 2.24) is 0 Å². The molecule has 1 nitrogen and oxygen atoms in total. The van der Waals surface area contributed by atoms with Crippen LogP contribution in [-0.2, 0) is 6.42 Å². The van der Waals surface area contributed by atoms with Gasteiger partial charge in [0.15, 0.2) is 0 Å². The van der Waals surface area contributed by atoms with Crippen LogP contribution in [0.25, 0.3) is 10.1 Å². The smallest absolute Gasteiger partial charge is 0.0669 e. The molecular formula is C12H11NS. The fourth-order valence-corrected chi connectivity index (χ4v) is 2.68. The predicted molar refractivity (Wildman–Crippen MR) is 60.6 cm³/mol. The van der Waals surface area contributed by atoms with Gasteiger partial charge >= 0.3 is 0 Å². The van der Waals surface area contributed by atoms with E-state index < -0.39 is 0 Å². The van der Waals surface area contributed by atoms with Gasteiger partial charge in [-0.3, -0.25) is 0 Å². The van der Waals surface area contributed by atoms with E-state index in [1.807, 2.05) is 11.3 Å². The molecule has 0 spiro atoms. The maximum absolute atomic E-state index is 8.67. The number of nitriles is 1. The molecule has 70 valence electrons. The Balaban J connectivity index is 2.69. The minimum Gasteiger partial charge on any atom is -0.198 e. The molecule has 0 aliphatic carbocycles. The van der Waals surface area contributed by atoms with Gasteiger partial charge in [-0.1, -0.05) is 6.07 Å². The predicted octanol–water partition coefficient (Wildman–Crippen LogP) is 3.58. The van der Waals surface area contributed by atoms with E-state index in [-0.39, 0.29) is 0 Å². The van der Waals surface area contributed by atoms with Crippen LogP contribution in [0.2, 0.25) is 0 Å². The van der Waals surface area contributed by atoms with E-state index in [1.165, 1.54) is 20.5 Å². The second-order valence-corrected chi connectivity index (χ2v) is 4.74. The van der Waals surface area contributed by atoms with Crippen LogP contribution in [0.4, 0.5) is 0 Å². The minimum atomic E-state index is 0.511. The molecule has 0 saturated carbocycles. The van der Waals surface area contributed by atoms with Gasteiger partial charge < -0.3 is 0 Å². The zero-order chi connectivity index (χ0) is 10.1. The summed E-state index contributed by atoms with van der Waals surface area (Å²) < 4.78 is 1.32. The summed E-state index contributed by atoms with van der Waals surface area (Å²) in [6.07, 6.45) is 0.511. The molecule has 0 aliphatic rings. The molecule has 2 rings (SSSR count). The maximum atomic E-state index is 8.67. The van der Waals surface area contributed by atoms with Gasteiger partial charge in [-0.05, 0) is 42.5 Å². The normalized spacial score (nSPS) is 10.4. The van der Waals surface area contributed by atoms with Crippen molar-refractivity contribution in [1.29, 1.82) is 5.26 Å². The van der Waals surface area contributed by atoms with E-state index in [0.29, 0.717) is 6.42 Å². The van der Waals surface area contributed by atoms with Gasteiger partial charge in [0.25, 0.3) is 0 Å². The lowest BCUT2D eigenvalue weighted by molar-refractivity contribution is 1.23. The highest BCUT2D eigenvalue weighted by Crippen LogP contribution is 2.29. The fourth-order valence-electron chi connectivity index (χ4n) is 1.70. The molecule has 0 radical (unpaired) electrons. The van der Waals surface area contributed by atoms with Gasteiger partial charge in [0.05, 0.1) is 12.5 Å². The molecule has 0 aliphatic heterocycles. The standard InChI is InChI=1S/C12H11NS/c1-8-7-11-9(2)10(5-6-13)3-4-12(11)14-8/h3-4,7H,5H2,1-2H3. The summed E-state index contributed by atoms with van der Waals surface area (Å²) in [7, 11) is 0. The molecule has 2 heteroatoms. The number of fused-ring (bicyclic) bond motifs is 1. The molecule has 0 amide bonds. The van der Waals surface area contributed by atoms with Crippen LogP contribution in [0.1, 0.15) is 16.0 Å². The second kappa shape index (κ2) is 3.43. The highest BCUT2D eigenvalue weighted by molar-refractivity contribution is 7.19. The number of hydrogen-bond donors (Lipinski definition) is 0. The lowest BCUT2D eigenvalue weighted by atomic mass is 10.0. The third-order valence-corrected chi connectivity index (χ3v) is 3.49. The fraction of sp³-hybridized carbons (Fsp3) is 0.250. The molecule has 0 saturated heterocycles. The van der Waals surface area contributed by atoms with Crippen molar-refractivity contribution < 1.29 is 0 Å². The van der Waals surface area contributed by atoms with Crippen LogP contribution in [-0.4, -0.2) is 0 Å². The summed E-state index contributed by atoms with van der Waals surface area (Å²) in [6.45, 7) is 4.22. The highest BCUT2D eigenvalue weighted by atomic mass is 32.1. The molecule has 1 aromatic heterocycles. The molecule has 0 N–H and O–H groups in total. The molecule has 1 aromatic carbocycles. The summed E-state index contributed by atoms with van der Waals surface area (Å²) in [4.78, 5) is 1.33. The third kappa shape index (κ3) is 1.40. The van der Waals surface area contributed by atoms with Gasteiger partial charge in [0.1, 0.15) is 0 Å². The lowest BCUT2D eigenvalue weighted by Gasteiger charge is -2.01. The Kier molecular flexibility index (Phi) is 2.26. The van der Waals surface area contributed by atoms with Crippen molar-refractivity contribution in [2.45, 2.75) is 20.3 Å². The molecule has 0 unspecified atom stereocenters. The largest absolute Gasteiger partial charge is 0.198 e. The van der Waals surface area contributed by atoms with Crippen molar-refractivity contribution in [3.8, 4) is 6.07 Å². The zero-order valence-corrected chi connectivity index (χ0v) is 9.11. The number of rotatable bonds is 1. The Bertz CT molecular complexity index is 517. The third-order valence-electron chi connectivity index (χ3n) is 2.48. The molecule has 2 aromatic rings. The van der Waals surface area contributed by atoms with Gasteiger partial charge in [0, 0.05) is 9.58 Å². The van der Waals surface area contributed by atoms with Crippen LogP contribution in [0.3, 0.4) is 0 Å². The number of aryl methyl sites for hydroxylation is 2. The van der Waals surface area contributed by atoms with Gasteiger partial charge in [-0.2, -0.15) is 5.26 Å². The second-order valence-electron chi connectivity index (χ2n) is 3.45. The monoisotopic (exact) mass is 201 g/mol. The first-order valence-electron chi connectivity index (χ1n) is 4.58. The van der Waals surface area contributed by atoms with Crippen LogP contribution in [0.5, 0.6) is 0 Å². The van der Waals surface area contributed by atoms with Crippen molar-refractivity contribution in [2.75, 3.05) is 0 Å². The average molecular weight is 201 g/mol. The highest BCUT2D eigenvalue weighted by Gasteiger charge is 2.05. The van der Waals surface area contributed by atoms with E-state index in [2.05, 4.69) is 38.1 Å². The first-order chi connectivity index (χ1) is 6.72. The number of thiophene rings is 1. The van der Waals surface area contributed by atoms with E-state index in [0.717, 1.165) is 5.56 Å². The van der Waals surface area contributed by atoms with Gasteiger partial charge in [0.2, 0.25) is 0 Å². The average Bonchev–Trinajstić information content (AvgIpc) is 2.52. The van der Waals surface area contributed by atoms with E-state index in [1.54, 1.807) is 0 Å². The van der Waals surface area contributed by atoms with E-state index >= 15 is 0 Å². The van der Waals surface area contributed by atoms with Crippen molar-refractivity contribution in [2.24, 2.45) is 0 Å². The zero-order valence-electron chi connectivity index (χ0n) is 8.29. The van der Waals surface area contributed by atoms with E-state index in [4.69, 9.17) is 5.26 Å². The molecule has 0 fully saturated rings.